The number of hydrogen-bond donors (Lipinski definition) is 2. The largest absolute Gasteiger partial charge is 0.340 e. The molecule has 4 heterocycles. The van der Waals surface area contributed by atoms with E-state index in [2.05, 4.69) is 52.4 Å². The van der Waals surface area contributed by atoms with Crippen molar-refractivity contribution in [1.29, 1.82) is 0 Å². The molecule has 1 aliphatic rings. The summed E-state index contributed by atoms with van der Waals surface area (Å²) in [6.45, 7) is 6.42. The van der Waals surface area contributed by atoms with Gasteiger partial charge in [0.15, 0.2) is 0 Å². The molecule has 3 aromatic heterocycles. The van der Waals surface area contributed by atoms with Crippen LogP contribution in [0.25, 0.3) is 22.0 Å². The minimum absolute atomic E-state index is 0.157. The van der Waals surface area contributed by atoms with E-state index in [1.165, 1.54) is 24.0 Å². The number of aryl methyl sites for hydroxylation is 2. The molecule has 0 spiro atoms. The molecule has 1 aromatic carbocycles. The Kier molecular flexibility index (Phi) is 5.68. The highest BCUT2D eigenvalue weighted by Crippen LogP contribution is 2.33. The topological polar surface area (TPSA) is 73.9 Å². The summed E-state index contributed by atoms with van der Waals surface area (Å²) >= 11 is 0. The van der Waals surface area contributed by atoms with E-state index in [9.17, 15) is 4.79 Å². The van der Waals surface area contributed by atoms with Crippen LogP contribution in [0, 0.1) is 13.8 Å². The molecule has 6 nitrogen and oxygen atoms in total. The fraction of sp³-hybridized carbons (Fsp3) is 0.296. The van der Waals surface area contributed by atoms with Crippen LogP contribution in [0.2, 0.25) is 0 Å². The van der Waals surface area contributed by atoms with Crippen molar-refractivity contribution in [2.45, 2.75) is 32.6 Å². The molecule has 2 N–H and O–H groups in total. The van der Waals surface area contributed by atoms with E-state index in [4.69, 9.17) is 4.98 Å². The number of pyridine rings is 3. The van der Waals surface area contributed by atoms with Crippen LogP contribution >= 0.6 is 0 Å². The summed E-state index contributed by atoms with van der Waals surface area (Å²) in [7, 11) is 2.19. The van der Waals surface area contributed by atoms with Crippen LogP contribution in [-0.4, -0.2) is 40.0 Å². The Morgan fingerprint density at radius 2 is 1.88 bits per heavy atom. The summed E-state index contributed by atoms with van der Waals surface area (Å²) < 4.78 is 0. The average molecular weight is 440 g/mol. The van der Waals surface area contributed by atoms with Crippen molar-refractivity contribution in [2.24, 2.45) is 0 Å². The highest BCUT2D eigenvalue weighted by atomic mass is 16.1. The molecule has 168 valence electrons. The molecule has 0 saturated carbocycles. The minimum Gasteiger partial charge on any atom is -0.340 e. The van der Waals surface area contributed by atoms with Gasteiger partial charge in [0.25, 0.3) is 5.56 Å². The summed E-state index contributed by atoms with van der Waals surface area (Å²) in [4.78, 5) is 27.1. The van der Waals surface area contributed by atoms with E-state index in [0.29, 0.717) is 17.1 Å². The van der Waals surface area contributed by atoms with Crippen molar-refractivity contribution < 1.29 is 0 Å². The molecule has 4 aromatic rings. The van der Waals surface area contributed by atoms with Crippen LogP contribution < -0.4 is 10.9 Å². The van der Waals surface area contributed by atoms with Crippen LogP contribution in [0.15, 0.2) is 59.7 Å². The molecular formula is C27H29N5O. The van der Waals surface area contributed by atoms with Crippen molar-refractivity contribution >= 4 is 22.3 Å². The normalized spacial score (nSPS) is 15.1. The fourth-order valence-corrected chi connectivity index (χ4v) is 4.74. The number of rotatable bonds is 4. The SMILES string of the molecule is Cc1ccc(-c2cc3cc[nH]c(=O)c3c(Nc3ccc(C4CCN(C)CC4)c(C)c3)n2)cn1. The molecule has 0 amide bonds. The molecule has 0 bridgehead atoms. The van der Waals surface area contributed by atoms with E-state index in [1.54, 1.807) is 6.20 Å². The first-order valence-electron chi connectivity index (χ1n) is 11.5. The van der Waals surface area contributed by atoms with E-state index in [1.807, 2.05) is 37.4 Å². The highest BCUT2D eigenvalue weighted by Gasteiger charge is 2.20. The number of hydrogen-bond acceptors (Lipinski definition) is 5. The molecule has 1 aliphatic heterocycles. The van der Waals surface area contributed by atoms with Crippen LogP contribution in [0.4, 0.5) is 11.5 Å². The number of H-pyrrole nitrogens is 1. The Morgan fingerprint density at radius 1 is 1.06 bits per heavy atom. The van der Waals surface area contributed by atoms with Gasteiger partial charge in [0.05, 0.1) is 11.1 Å². The second-order valence-corrected chi connectivity index (χ2v) is 9.09. The Morgan fingerprint density at radius 3 is 2.61 bits per heavy atom. The molecule has 1 saturated heterocycles. The lowest BCUT2D eigenvalue weighted by atomic mass is 9.87. The number of likely N-dealkylation sites (tertiary alicyclic amines) is 1. The molecule has 0 unspecified atom stereocenters. The van der Waals surface area contributed by atoms with E-state index >= 15 is 0 Å². The number of benzene rings is 1. The fourth-order valence-electron chi connectivity index (χ4n) is 4.74. The molecule has 6 heteroatoms. The van der Waals surface area contributed by atoms with Crippen molar-refractivity contribution in [3.63, 3.8) is 0 Å². The maximum atomic E-state index is 12.7. The zero-order chi connectivity index (χ0) is 22.9. The summed E-state index contributed by atoms with van der Waals surface area (Å²) in [5.41, 5.74) is 6.11. The zero-order valence-electron chi connectivity index (χ0n) is 19.4. The predicted octanol–water partition coefficient (Wildman–Crippen LogP) is 5.15. The quantitative estimate of drug-likeness (QED) is 0.460. The van der Waals surface area contributed by atoms with Crippen molar-refractivity contribution in [2.75, 3.05) is 25.5 Å². The number of aromatic amines is 1. The van der Waals surface area contributed by atoms with Crippen molar-refractivity contribution in [3.05, 3.63) is 82.0 Å². The van der Waals surface area contributed by atoms with Gasteiger partial charge in [-0.25, -0.2) is 4.98 Å². The van der Waals surface area contributed by atoms with Gasteiger partial charge in [-0.05, 0) is 106 Å². The van der Waals surface area contributed by atoms with Gasteiger partial charge in [-0.3, -0.25) is 9.78 Å². The second-order valence-electron chi connectivity index (χ2n) is 9.09. The Labute approximate surface area is 193 Å². The number of nitrogens with one attached hydrogen (secondary N) is 2. The van der Waals surface area contributed by atoms with Crippen LogP contribution in [0.3, 0.4) is 0 Å². The number of fused-ring (bicyclic) bond motifs is 1. The number of anilines is 2. The lowest BCUT2D eigenvalue weighted by molar-refractivity contribution is 0.255. The molecule has 1 fully saturated rings. The number of nitrogens with zero attached hydrogens (tertiary/aromatic N) is 3. The van der Waals surface area contributed by atoms with Gasteiger partial charge in [-0.15, -0.1) is 0 Å². The van der Waals surface area contributed by atoms with Crippen molar-refractivity contribution in [1.82, 2.24) is 19.9 Å². The van der Waals surface area contributed by atoms with Gasteiger partial charge in [-0.1, -0.05) is 6.07 Å². The first-order valence-corrected chi connectivity index (χ1v) is 11.5. The van der Waals surface area contributed by atoms with Gasteiger partial charge < -0.3 is 15.2 Å². The van der Waals surface area contributed by atoms with Crippen LogP contribution in [-0.2, 0) is 0 Å². The second kappa shape index (κ2) is 8.79. The van der Waals surface area contributed by atoms with Crippen molar-refractivity contribution in [3.8, 4) is 11.3 Å². The summed E-state index contributed by atoms with van der Waals surface area (Å²) in [6.07, 6.45) is 5.88. The maximum Gasteiger partial charge on any atom is 0.259 e. The Bertz CT molecular complexity index is 1350. The van der Waals surface area contributed by atoms with Gasteiger partial charge in [0.2, 0.25) is 0 Å². The third-order valence-corrected chi connectivity index (χ3v) is 6.65. The van der Waals surface area contributed by atoms with Gasteiger partial charge in [0, 0.05) is 29.3 Å². The van der Waals surface area contributed by atoms with Gasteiger partial charge in [0.1, 0.15) is 5.82 Å². The molecule has 5 rings (SSSR count). The Balaban J connectivity index is 1.52. The number of aromatic nitrogens is 3. The first kappa shape index (κ1) is 21.3. The lowest BCUT2D eigenvalue weighted by Gasteiger charge is -2.30. The molecule has 0 radical (unpaired) electrons. The van der Waals surface area contributed by atoms with E-state index in [0.717, 1.165) is 41.1 Å². The third kappa shape index (κ3) is 4.39. The molecule has 0 aliphatic carbocycles. The molecule has 0 atom stereocenters. The van der Waals surface area contributed by atoms with E-state index in [-0.39, 0.29) is 5.56 Å². The predicted molar refractivity (Wildman–Crippen MR) is 134 cm³/mol. The smallest absolute Gasteiger partial charge is 0.259 e. The highest BCUT2D eigenvalue weighted by molar-refractivity contribution is 5.95. The average Bonchev–Trinajstić information content (AvgIpc) is 2.80. The maximum absolute atomic E-state index is 12.7. The number of piperidine rings is 1. The molecule has 33 heavy (non-hydrogen) atoms. The van der Waals surface area contributed by atoms with Gasteiger partial charge in [-0.2, -0.15) is 0 Å². The first-order chi connectivity index (χ1) is 16.0. The summed E-state index contributed by atoms with van der Waals surface area (Å²) in [5, 5.41) is 4.82. The van der Waals surface area contributed by atoms with Gasteiger partial charge >= 0.3 is 0 Å². The monoisotopic (exact) mass is 439 g/mol. The minimum atomic E-state index is -0.157. The summed E-state index contributed by atoms with van der Waals surface area (Å²) in [5.74, 6) is 1.16. The standard InChI is InChI=1S/C27H29N5O/c1-17-14-22(6-7-23(17)19-9-12-32(3)13-10-19)30-26-25-20(8-11-28-27(25)33)15-24(31-26)21-5-4-18(2)29-16-21/h4-8,11,14-16,19H,9-10,12-13H2,1-3H3,(H,28,33)(H,30,31). The van der Waals surface area contributed by atoms with Crippen LogP contribution in [0.5, 0.6) is 0 Å². The molecular weight excluding hydrogens is 410 g/mol. The van der Waals surface area contributed by atoms with E-state index < -0.39 is 0 Å². The van der Waals surface area contributed by atoms with Crippen LogP contribution in [0.1, 0.15) is 35.6 Å². The Hall–Kier alpha value is -3.51. The zero-order valence-corrected chi connectivity index (χ0v) is 19.4. The lowest BCUT2D eigenvalue weighted by Crippen LogP contribution is -2.29. The third-order valence-electron chi connectivity index (χ3n) is 6.65. The summed E-state index contributed by atoms with van der Waals surface area (Å²) in [6, 6.07) is 14.3.